The zero-order valence-corrected chi connectivity index (χ0v) is 18.7. The normalized spacial score (nSPS) is 10.6. The highest BCUT2D eigenvalue weighted by Crippen LogP contribution is 2.27. The number of hydrogen-bond donors (Lipinski definition) is 1. The molecule has 1 heterocycles. The Kier molecular flexibility index (Phi) is 7.04. The summed E-state index contributed by atoms with van der Waals surface area (Å²) in [5.41, 5.74) is 3.04. The number of hydrogen-bond acceptors (Lipinski definition) is 4. The van der Waals surface area contributed by atoms with Gasteiger partial charge in [0.15, 0.2) is 5.13 Å². The molecule has 2 aromatic carbocycles. The lowest BCUT2D eigenvalue weighted by molar-refractivity contribution is -0.116. The molecule has 0 unspecified atom stereocenters. The summed E-state index contributed by atoms with van der Waals surface area (Å²) in [6, 6.07) is 13.9. The highest BCUT2D eigenvalue weighted by Gasteiger charge is 2.09. The van der Waals surface area contributed by atoms with Crippen molar-refractivity contribution in [2.75, 3.05) is 11.9 Å². The Morgan fingerprint density at radius 2 is 1.96 bits per heavy atom. The molecule has 0 aliphatic rings. The molecule has 0 aliphatic carbocycles. The molecule has 0 aliphatic heterocycles. The van der Waals surface area contributed by atoms with Crippen molar-refractivity contribution in [3.63, 3.8) is 0 Å². The Labute approximate surface area is 179 Å². The minimum Gasteiger partial charge on any atom is -0.492 e. The summed E-state index contributed by atoms with van der Waals surface area (Å²) in [4.78, 5) is 16.6. The van der Waals surface area contributed by atoms with Gasteiger partial charge in [0.25, 0.3) is 0 Å². The topological polar surface area (TPSA) is 51.2 Å². The minimum absolute atomic E-state index is 0.0572. The van der Waals surface area contributed by atoms with E-state index >= 15 is 0 Å². The summed E-state index contributed by atoms with van der Waals surface area (Å²) in [6.07, 6.45) is 1.02. The number of ether oxygens (including phenoxy) is 1. The first kappa shape index (κ1) is 20.0. The molecule has 0 bridgehead atoms. The van der Waals surface area contributed by atoms with Crippen LogP contribution in [0.25, 0.3) is 11.3 Å². The highest BCUT2D eigenvalue weighted by molar-refractivity contribution is 9.10. The van der Waals surface area contributed by atoms with Crippen LogP contribution in [0.2, 0.25) is 0 Å². The number of carbonyl (C=O) groups is 1. The van der Waals surface area contributed by atoms with Gasteiger partial charge in [-0.25, -0.2) is 4.98 Å². The van der Waals surface area contributed by atoms with E-state index in [0.717, 1.165) is 26.0 Å². The van der Waals surface area contributed by atoms with E-state index in [1.807, 2.05) is 54.8 Å². The maximum Gasteiger partial charge on any atom is 0.226 e. The molecule has 3 rings (SSSR count). The lowest BCUT2D eigenvalue weighted by atomic mass is 10.2. The Morgan fingerprint density at radius 1 is 1.19 bits per heavy atom. The molecular formula is C20H18Br2N2O2S. The largest absolute Gasteiger partial charge is 0.492 e. The average Bonchev–Trinajstić information content (AvgIpc) is 3.09. The predicted molar refractivity (Wildman–Crippen MR) is 117 cm³/mol. The third kappa shape index (κ3) is 5.89. The van der Waals surface area contributed by atoms with Crippen molar-refractivity contribution in [2.45, 2.75) is 19.8 Å². The van der Waals surface area contributed by atoms with E-state index in [1.165, 1.54) is 16.9 Å². The lowest BCUT2D eigenvalue weighted by Crippen LogP contribution is -2.12. The zero-order chi connectivity index (χ0) is 19.2. The number of nitrogens with one attached hydrogen (secondary N) is 1. The fourth-order valence-corrected chi connectivity index (χ4v) is 4.01. The molecule has 0 fully saturated rings. The van der Waals surface area contributed by atoms with E-state index < -0.39 is 0 Å². The molecule has 4 nitrogen and oxygen atoms in total. The number of nitrogens with zero attached hydrogens (tertiary/aromatic N) is 1. The first-order valence-electron chi connectivity index (χ1n) is 8.41. The monoisotopic (exact) mass is 508 g/mol. The molecule has 0 radical (unpaired) electrons. The fourth-order valence-electron chi connectivity index (χ4n) is 2.40. The van der Waals surface area contributed by atoms with Crippen LogP contribution >= 0.6 is 43.2 Å². The number of anilines is 1. The fraction of sp³-hybridized carbons (Fsp3) is 0.200. The number of thiazole rings is 1. The maximum absolute atomic E-state index is 12.1. The molecule has 27 heavy (non-hydrogen) atoms. The molecule has 1 aromatic heterocycles. The first-order chi connectivity index (χ1) is 13.0. The van der Waals surface area contributed by atoms with Crippen LogP contribution in [-0.2, 0) is 4.79 Å². The molecule has 3 aromatic rings. The van der Waals surface area contributed by atoms with Crippen LogP contribution < -0.4 is 10.1 Å². The number of aryl methyl sites for hydroxylation is 1. The third-order valence-electron chi connectivity index (χ3n) is 3.78. The number of halogens is 2. The summed E-state index contributed by atoms with van der Waals surface area (Å²) >= 11 is 8.33. The molecule has 0 atom stereocenters. The molecule has 7 heteroatoms. The minimum atomic E-state index is -0.0572. The van der Waals surface area contributed by atoms with Gasteiger partial charge in [0.05, 0.1) is 16.8 Å². The molecular weight excluding hydrogens is 492 g/mol. The number of aromatic nitrogens is 1. The van der Waals surface area contributed by atoms with Gasteiger partial charge in [0.1, 0.15) is 5.75 Å². The lowest BCUT2D eigenvalue weighted by Gasteiger charge is -2.08. The molecule has 0 saturated heterocycles. The SMILES string of the molecule is Cc1ccc(OCCCC(=O)Nc2nc(-c3ccc(Br)cc3)cs2)c(Br)c1. The van der Waals surface area contributed by atoms with E-state index in [4.69, 9.17) is 4.74 Å². The van der Waals surface area contributed by atoms with Gasteiger partial charge in [-0.15, -0.1) is 11.3 Å². The summed E-state index contributed by atoms with van der Waals surface area (Å²) in [6.45, 7) is 2.51. The van der Waals surface area contributed by atoms with Crippen LogP contribution in [0.15, 0.2) is 56.8 Å². The number of rotatable bonds is 7. The van der Waals surface area contributed by atoms with Gasteiger partial charge in [-0.05, 0) is 59.1 Å². The van der Waals surface area contributed by atoms with E-state index in [-0.39, 0.29) is 5.91 Å². The Balaban J connectivity index is 1.45. The number of carbonyl (C=O) groups excluding carboxylic acids is 1. The van der Waals surface area contributed by atoms with Gasteiger partial charge < -0.3 is 10.1 Å². The summed E-state index contributed by atoms with van der Waals surface area (Å²) < 4.78 is 7.67. The standard InChI is InChI=1S/C20H18Br2N2O2S/c1-13-4-9-18(16(22)11-13)26-10-2-3-19(25)24-20-23-17(12-27-20)14-5-7-15(21)8-6-14/h4-9,11-12H,2-3,10H2,1H3,(H,23,24,25). The van der Waals surface area contributed by atoms with Crippen LogP contribution in [0.1, 0.15) is 18.4 Å². The summed E-state index contributed by atoms with van der Waals surface area (Å²) in [7, 11) is 0. The molecule has 0 saturated carbocycles. The Hall–Kier alpha value is -1.70. The second kappa shape index (κ2) is 9.48. The molecule has 0 spiro atoms. The van der Waals surface area contributed by atoms with Crippen molar-refractivity contribution < 1.29 is 9.53 Å². The maximum atomic E-state index is 12.1. The smallest absolute Gasteiger partial charge is 0.226 e. The van der Waals surface area contributed by atoms with Gasteiger partial charge in [0.2, 0.25) is 5.91 Å². The first-order valence-corrected chi connectivity index (χ1v) is 10.9. The van der Waals surface area contributed by atoms with E-state index in [1.54, 1.807) is 0 Å². The van der Waals surface area contributed by atoms with E-state index in [9.17, 15) is 4.79 Å². The quantitative estimate of drug-likeness (QED) is 0.373. The Bertz CT molecular complexity index is 926. The zero-order valence-electron chi connectivity index (χ0n) is 14.7. The van der Waals surface area contributed by atoms with Crippen molar-refractivity contribution in [2.24, 2.45) is 0 Å². The van der Waals surface area contributed by atoms with Gasteiger partial charge >= 0.3 is 0 Å². The van der Waals surface area contributed by atoms with Crippen molar-refractivity contribution >= 4 is 54.2 Å². The van der Waals surface area contributed by atoms with Crippen LogP contribution in [0.4, 0.5) is 5.13 Å². The second-order valence-corrected chi connectivity index (χ2v) is 8.61. The Morgan fingerprint density at radius 3 is 2.70 bits per heavy atom. The van der Waals surface area contributed by atoms with Crippen molar-refractivity contribution in [1.82, 2.24) is 4.98 Å². The van der Waals surface area contributed by atoms with E-state index in [0.29, 0.717) is 24.6 Å². The van der Waals surface area contributed by atoms with Crippen LogP contribution in [0.3, 0.4) is 0 Å². The van der Waals surface area contributed by atoms with Crippen molar-refractivity contribution in [3.8, 4) is 17.0 Å². The summed E-state index contributed by atoms with van der Waals surface area (Å²) in [5.74, 6) is 0.735. The summed E-state index contributed by atoms with van der Waals surface area (Å²) in [5, 5.41) is 5.41. The number of benzene rings is 2. The van der Waals surface area contributed by atoms with Crippen LogP contribution in [-0.4, -0.2) is 17.5 Å². The molecule has 140 valence electrons. The van der Waals surface area contributed by atoms with Crippen molar-refractivity contribution in [3.05, 3.63) is 62.4 Å². The predicted octanol–water partition coefficient (Wildman–Crippen LogP) is 6.44. The van der Waals surface area contributed by atoms with Crippen LogP contribution in [0.5, 0.6) is 5.75 Å². The molecule has 1 N–H and O–H groups in total. The average molecular weight is 510 g/mol. The van der Waals surface area contributed by atoms with Gasteiger partial charge in [-0.2, -0.15) is 0 Å². The third-order valence-corrected chi connectivity index (χ3v) is 5.69. The van der Waals surface area contributed by atoms with Crippen molar-refractivity contribution in [1.29, 1.82) is 0 Å². The van der Waals surface area contributed by atoms with Gasteiger partial charge in [-0.1, -0.05) is 34.1 Å². The van der Waals surface area contributed by atoms with Crippen LogP contribution in [0, 0.1) is 6.92 Å². The number of amides is 1. The molecule has 1 amide bonds. The van der Waals surface area contributed by atoms with Gasteiger partial charge in [-0.3, -0.25) is 4.79 Å². The highest BCUT2D eigenvalue weighted by atomic mass is 79.9. The second-order valence-electron chi connectivity index (χ2n) is 5.98. The van der Waals surface area contributed by atoms with Gasteiger partial charge in [0, 0.05) is 21.8 Å². The van der Waals surface area contributed by atoms with E-state index in [2.05, 4.69) is 42.2 Å².